The van der Waals surface area contributed by atoms with Gasteiger partial charge >= 0.3 is 0 Å². The monoisotopic (exact) mass is 334 g/mol. The van der Waals surface area contributed by atoms with Gasteiger partial charge in [0.25, 0.3) is 20.2 Å². The molecule has 1 aromatic carbocycles. The average Bonchev–Trinajstić information content (AvgIpc) is 2.36. The van der Waals surface area contributed by atoms with Crippen molar-refractivity contribution in [1.29, 1.82) is 0 Å². The van der Waals surface area contributed by atoms with Crippen LogP contribution in [0.5, 0.6) is 0 Å². The van der Waals surface area contributed by atoms with E-state index in [2.05, 4.69) is 6.58 Å². The molecular formula is C13H18O6S2. The Morgan fingerprint density at radius 3 is 2.19 bits per heavy atom. The lowest BCUT2D eigenvalue weighted by Gasteiger charge is -2.16. The molecule has 2 unspecified atom stereocenters. The smallest absolute Gasteiger partial charge is 0.285 e. The molecule has 0 spiro atoms. The standard InChI is InChI=1S/C13H18O6S2/c1-4-12(9-11(3)20(14,15)16)19-21(17,18)13-7-5-10(2)6-8-13/h4-8,11-12H,1,9H2,2-3H3,(H,14,15,16). The Balaban J connectivity index is 2.90. The van der Waals surface area contributed by atoms with Gasteiger partial charge in [-0.25, -0.2) is 0 Å². The fraction of sp³-hybridized carbons (Fsp3) is 0.385. The highest BCUT2D eigenvalue weighted by Gasteiger charge is 2.26. The van der Waals surface area contributed by atoms with E-state index in [1.807, 2.05) is 6.92 Å². The van der Waals surface area contributed by atoms with E-state index in [0.717, 1.165) is 5.56 Å². The van der Waals surface area contributed by atoms with Crippen LogP contribution in [-0.2, 0) is 24.4 Å². The third kappa shape index (κ3) is 5.24. The minimum atomic E-state index is -4.26. The predicted octanol–water partition coefficient (Wildman–Crippen LogP) is 1.92. The normalized spacial score (nSPS) is 15.4. The van der Waals surface area contributed by atoms with Crippen molar-refractivity contribution in [3.63, 3.8) is 0 Å². The molecule has 0 aliphatic carbocycles. The van der Waals surface area contributed by atoms with E-state index >= 15 is 0 Å². The van der Waals surface area contributed by atoms with Gasteiger partial charge in [-0.05, 0) is 32.4 Å². The Kier molecular flexibility index (Phi) is 5.68. The minimum absolute atomic E-state index is 0.0283. The summed E-state index contributed by atoms with van der Waals surface area (Å²) in [6, 6.07) is 6.05. The van der Waals surface area contributed by atoms with Crippen molar-refractivity contribution in [2.45, 2.75) is 36.5 Å². The third-order valence-corrected chi connectivity index (χ3v) is 5.46. The van der Waals surface area contributed by atoms with Crippen LogP contribution < -0.4 is 0 Å². The fourth-order valence-corrected chi connectivity index (χ4v) is 3.04. The van der Waals surface area contributed by atoms with Gasteiger partial charge in [0, 0.05) is 0 Å². The second-order valence-corrected chi connectivity index (χ2v) is 8.11. The Hall–Kier alpha value is -1.22. The molecule has 0 aliphatic rings. The summed E-state index contributed by atoms with van der Waals surface area (Å²) >= 11 is 0. The fourth-order valence-electron chi connectivity index (χ4n) is 1.55. The summed E-state index contributed by atoms with van der Waals surface area (Å²) in [6.45, 7) is 6.50. The van der Waals surface area contributed by atoms with Crippen LogP contribution in [0.4, 0.5) is 0 Å². The summed E-state index contributed by atoms with van der Waals surface area (Å²) in [5.41, 5.74) is 0.897. The summed E-state index contributed by atoms with van der Waals surface area (Å²) in [7, 11) is -8.28. The molecule has 1 aromatic rings. The summed E-state index contributed by atoms with van der Waals surface area (Å²) in [5.74, 6) is 0. The van der Waals surface area contributed by atoms with E-state index in [1.54, 1.807) is 12.1 Å². The van der Waals surface area contributed by atoms with Crippen LogP contribution >= 0.6 is 0 Å². The van der Waals surface area contributed by atoms with Crippen LogP contribution in [0, 0.1) is 6.92 Å². The van der Waals surface area contributed by atoms with Gasteiger partial charge in [-0.1, -0.05) is 23.8 Å². The van der Waals surface area contributed by atoms with Gasteiger partial charge in [0.15, 0.2) is 0 Å². The molecule has 0 aliphatic heterocycles. The summed E-state index contributed by atoms with van der Waals surface area (Å²) in [6.07, 6.45) is -0.0749. The molecule has 0 fully saturated rings. The first kappa shape index (κ1) is 17.8. The van der Waals surface area contributed by atoms with Crippen molar-refractivity contribution in [3.8, 4) is 0 Å². The van der Waals surface area contributed by atoms with Gasteiger partial charge in [-0.3, -0.25) is 8.74 Å². The first-order valence-corrected chi connectivity index (χ1v) is 9.06. The van der Waals surface area contributed by atoms with E-state index in [-0.39, 0.29) is 11.3 Å². The predicted molar refractivity (Wildman–Crippen MR) is 79.1 cm³/mol. The van der Waals surface area contributed by atoms with Gasteiger partial charge in [-0.15, -0.1) is 6.58 Å². The average molecular weight is 334 g/mol. The molecule has 6 nitrogen and oxygen atoms in total. The topological polar surface area (TPSA) is 97.7 Å². The Labute approximate surface area is 125 Å². The Morgan fingerprint density at radius 2 is 1.76 bits per heavy atom. The van der Waals surface area contributed by atoms with Crippen molar-refractivity contribution in [2.24, 2.45) is 0 Å². The lowest BCUT2D eigenvalue weighted by molar-refractivity contribution is 0.242. The zero-order chi connectivity index (χ0) is 16.3. The molecule has 0 amide bonds. The van der Waals surface area contributed by atoms with Crippen LogP contribution in [-0.4, -0.2) is 32.7 Å². The molecule has 0 aromatic heterocycles. The highest BCUT2D eigenvalue weighted by molar-refractivity contribution is 7.87. The molecule has 0 heterocycles. The van der Waals surface area contributed by atoms with Crippen molar-refractivity contribution in [3.05, 3.63) is 42.5 Å². The number of hydrogen-bond donors (Lipinski definition) is 1. The van der Waals surface area contributed by atoms with E-state index in [9.17, 15) is 16.8 Å². The number of benzene rings is 1. The molecular weight excluding hydrogens is 316 g/mol. The molecule has 0 saturated carbocycles. The first-order chi connectivity index (χ1) is 9.56. The van der Waals surface area contributed by atoms with Gasteiger partial charge in [0.1, 0.15) is 0 Å². The molecule has 0 saturated heterocycles. The lowest BCUT2D eigenvalue weighted by Crippen LogP contribution is -2.25. The summed E-state index contributed by atoms with van der Waals surface area (Å²) in [4.78, 5) is -0.0283. The minimum Gasteiger partial charge on any atom is -0.285 e. The van der Waals surface area contributed by atoms with Gasteiger partial charge < -0.3 is 0 Å². The van der Waals surface area contributed by atoms with Crippen LogP contribution in [0.1, 0.15) is 18.9 Å². The maximum absolute atomic E-state index is 12.1. The second-order valence-electron chi connectivity index (χ2n) is 4.70. The van der Waals surface area contributed by atoms with Crippen LogP contribution in [0.15, 0.2) is 41.8 Å². The van der Waals surface area contributed by atoms with Crippen LogP contribution in [0.2, 0.25) is 0 Å². The van der Waals surface area contributed by atoms with E-state index < -0.39 is 31.6 Å². The molecule has 0 bridgehead atoms. The highest BCUT2D eigenvalue weighted by atomic mass is 32.2. The van der Waals surface area contributed by atoms with Crippen LogP contribution in [0.3, 0.4) is 0 Å². The Bertz CT molecular complexity index is 689. The second kappa shape index (κ2) is 6.69. The molecule has 21 heavy (non-hydrogen) atoms. The third-order valence-electron chi connectivity index (χ3n) is 2.90. The quantitative estimate of drug-likeness (QED) is 0.465. The molecule has 1 rings (SSSR count). The molecule has 8 heteroatoms. The molecule has 118 valence electrons. The lowest BCUT2D eigenvalue weighted by atomic mass is 10.2. The zero-order valence-electron chi connectivity index (χ0n) is 11.8. The summed E-state index contributed by atoms with van der Waals surface area (Å²) in [5, 5.41) is -1.16. The van der Waals surface area contributed by atoms with Crippen molar-refractivity contribution in [1.82, 2.24) is 0 Å². The first-order valence-electron chi connectivity index (χ1n) is 6.15. The van der Waals surface area contributed by atoms with Gasteiger partial charge in [0.2, 0.25) is 0 Å². The number of aryl methyl sites for hydroxylation is 1. The van der Waals surface area contributed by atoms with Crippen molar-refractivity contribution < 1.29 is 25.6 Å². The van der Waals surface area contributed by atoms with Gasteiger partial charge in [-0.2, -0.15) is 16.8 Å². The number of hydrogen-bond acceptors (Lipinski definition) is 5. The highest BCUT2D eigenvalue weighted by Crippen LogP contribution is 2.19. The molecule has 0 radical (unpaired) electrons. The largest absolute Gasteiger partial charge is 0.297 e. The zero-order valence-corrected chi connectivity index (χ0v) is 13.4. The number of rotatable bonds is 7. The van der Waals surface area contributed by atoms with Crippen molar-refractivity contribution >= 4 is 20.2 Å². The SMILES string of the molecule is C=CC(CC(C)S(=O)(=O)O)OS(=O)(=O)c1ccc(C)cc1. The molecule has 2 atom stereocenters. The van der Waals surface area contributed by atoms with E-state index in [4.69, 9.17) is 8.74 Å². The van der Waals surface area contributed by atoms with E-state index in [0.29, 0.717) is 0 Å². The summed E-state index contributed by atoms with van der Waals surface area (Å²) < 4.78 is 59.9. The molecule has 1 N–H and O–H groups in total. The maximum atomic E-state index is 12.1. The van der Waals surface area contributed by atoms with Gasteiger partial charge in [0.05, 0.1) is 16.2 Å². The van der Waals surface area contributed by atoms with Crippen molar-refractivity contribution in [2.75, 3.05) is 0 Å². The van der Waals surface area contributed by atoms with Crippen LogP contribution in [0.25, 0.3) is 0 Å². The Morgan fingerprint density at radius 1 is 1.24 bits per heavy atom. The van der Waals surface area contributed by atoms with E-state index in [1.165, 1.54) is 25.1 Å². The maximum Gasteiger partial charge on any atom is 0.297 e.